The van der Waals surface area contributed by atoms with Crippen LogP contribution in [0.5, 0.6) is 0 Å². The maximum absolute atomic E-state index is 11.7. The number of nitrogens with one attached hydrogen (secondary N) is 1. The first-order valence-corrected chi connectivity index (χ1v) is 6.02. The Morgan fingerprint density at radius 3 is 2.67 bits per heavy atom. The van der Waals surface area contributed by atoms with Crippen LogP contribution in [0.3, 0.4) is 0 Å². The summed E-state index contributed by atoms with van der Waals surface area (Å²) < 4.78 is 1.66. The first kappa shape index (κ1) is 12.6. The fourth-order valence-electron chi connectivity index (χ4n) is 1.56. The second kappa shape index (κ2) is 5.69. The molecule has 1 amide bonds. The van der Waals surface area contributed by atoms with E-state index in [2.05, 4.69) is 10.4 Å². The minimum absolute atomic E-state index is 0.0586. The topological polar surface area (TPSA) is 46.9 Å². The Labute approximate surface area is 111 Å². The Morgan fingerprint density at radius 1 is 1.33 bits per heavy atom. The number of hydrogen-bond acceptors (Lipinski definition) is 2. The van der Waals surface area contributed by atoms with Crippen LogP contribution in [-0.2, 0) is 17.9 Å². The third-order valence-electron chi connectivity index (χ3n) is 2.63. The molecule has 2 aromatic rings. The van der Waals surface area contributed by atoms with E-state index in [1.165, 1.54) is 0 Å². The van der Waals surface area contributed by atoms with Gasteiger partial charge in [-0.2, -0.15) is 5.10 Å². The van der Waals surface area contributed by atoms with Gasteiger partial charge in [-0.05, 0) is 30.7 Å². The Kier molecular flexibility index (Phi) is 3.99. The van der Waals surface area contributed by atoms with Gasteiger partial charge in [-0.3, -0.25) is 9.48 Å². The van der Waals surface area contributed by atoms with Crippen molar-refractivity contribution in [2.75, 3.05) is 0 Å². The normalized spacial score (nSPS) is 10.3. The highest BCUT2D eigenvalue weighted by Crippen LogP contribution is 2.09. The van der Waals surface area contributed by atoms with E-state index < -0.39 is 0 Å². The van der Waals surface area contributed by atoms with Gasteiger partial charge in [0.05, 0.1) is 0 Å². The Hall–Kier alpha value is -1.81. The van der Waals surface area contributed by atoms with Crippen molar-refractivity contribution in [1.82, 2.24) is 15.1 Å². The lowest BCUT2D eigenvalue weighted by Gasteiger charge is -2.07. The lowest BCUT2D eigenvalue weighted by Crippen LogP contribution is -2.27. The average Bonchev–Trinajstić information content (AvgIpc) is 2.74. The number of benzene rings is 1. The highest BCUT2D eigenvalue weighted by molar-refractivity contribution is 6.30. The summed E-state index contributed by atoms with van der Waals surface area (Å²) in [6.07, 6.45) is 1.68. The number of hydrogen-bond donors (Lipinski definition) is 1. The third-order valence-corrected chi connectivity index (χ3v) is 2.88. The highest BCUT2D eigenvalue weighted by Gasteiger charge is 2.04. The number of amides is 1. The van der Waals surface area contributed by atoms with Crippen molar-refractivity contribution < 1.29 is 4.79 Å². The molecular weight excluding hydrogens is 250 g/mol. The van der Waals surface area contributed by atoms with Gasteiger partial charge in [-0.1, -0.05) is 23.7 Å². The first-order valence-electron chi connectivity index (χ1n) is 5.65. The molecule has 18 heavy (non-hydrogen) atoms. The molecule has 1 N–H and O–H groups in total. The predicted octanol–water partition coefficient (Wildman–Crippen LogP) is 2.16. The molecule has 0 radical (unpaired) electrons. The molecule has 1 heterocycles. The molecular formula is C13H14ClN3O. The van der Waals surface area contributed by atoms with Gasteiger partial charge in [0.15, 0.2) is 0 Å². The standard InChI is InChI=1S/C13H14ClN3O/c1-10-6-7-16-17(10)9-13(18)15-8-11-2-4-12(14)5-3-11/h2-7H,8-9H2,1H3,(H,15,18). The van der Waals surface area contributed by atoms with E-state index in [0.29, 0.717) is 11.6 Å². The van der Waals surface area contributed by atoms with Gasteiger partial charge in [-0.25, -0.2) is 0 Å². The number of aromatic nitrogens is 2. The van der Waals surface area contributed by atoms with Crippen LogP contribution in [0.2, 0.25) is 5.02 Å². The molecule has 0 spiro atoms. The predicted molar refractivity (Wildman–Crippen MR) is 70.3 cm³/mol. The number of nitrogens with zero attached hydrogens (tertiary/aromatic N) is 2. The lowest BCUT2D eigenvalue weighted by atomic mass is 10.2. The summed E-state index contributed by atoms with van der Waals surface area (Å²) in [7, 11) is 0. The Bertz CT molecular complexity index is 533. The molecule has 0 saturated heterocycles. The van der Waals surface area contributed by atoms with Crippen molar-refractivity contribution in [2.24, 2.45) is 0 Å². The maximum Gasteiger partial charge on any atom is 0.242 e. The number of rotatable bonds is 4. The molecule has 0 aliphatic heterocycles. The third kappa shape index (κ3) is 3.34. The molecule has 1 aromatic heterocycles. The van der Waals surface area contributed by atoms with Crippen LogP contribution in [-0.4, -0.2) is 15.7 Å². The summed E-state index contributed by atoms with van der Waals surface area (Å²) in [6.45, 7) is 2.65. The second-order valence-corrected chi connectivity index (χ2v) is 4.47. The Balaban J connectivity index is 1.85. The summed E-state index contributed by atoms with van der Waals surface area (Å²) in [6, 6.07) is 9.26. The fraction of sp³-hybridized carbons (Fsp3) is 0.231. The highest BCUT2D eigenvalue weighted by atomic mass is 35.5. The average molecular weight is 264 g/mol. The minimum Gasteiger partial charge on any atom is -0.350 e. The largest absolute Gasteiger partial charge is 0.350 e. The van der Waals surface area contributed by atoms with E-state index in [4.69, 9.17) is 11.6 Å². The van der Waals surface area contributed by atoms with Crippen LogP contribution >= 0.6 is 11.6 Å². The van der Waals surface area contributed by atoms with Gasteiger partial charge < -0.3 is 5.32 Å². The van der Waals surface area contributed by atoms with Crippen molar-refractivity contribution in [1.29, 1.82) is 0 Å². The lowest BCUT2D eigenvalue weighted by molar-refractivity contribution is -0.122. The van der Waals surface area contributed by atoms with Gasteiger partial charge in [0, 0.05) is 23.5 Å². The van der Waals surface area contributed by atoms with Gasteiger partial charge in [-0.15, -0.1) is 0 Å². The maximum atomic E-state index is 11.7. The summed E-state index contributed by atoms with van der Waals surface area (Å²) in [4.78, 5) is 11.7. The molecule has 0 aliphatic carbocycles. The van der Waals surface area contributed by atoms with E-state index in [1.54, 1.807) is 23.0 Å². The molecule has 0 fully saturated rings. The van der Waals surface area contributed by atoms with Crippen LogP contribution in [0.4, 0.5) is 0 Å². The van der Waals surface area contributed by atoms with Crippen molar-refractivity contribution >= 4 is 17.5 Å². The molecule has 1 aromatic carbocycles. The van der Waals surface area contributed by atoms with Gasteiger partial charge in [0.25, 0.3) is 0 Å². The monoisotopic (exact) mass is 263 g/mol. The van der Waals surface area contributed by atoms with Gasteiger partial charge >= 0.3 is 0 Å². The number of carbonyl (C=O) groups is 1. The van der Waals surface area contributed by atoms with E-state index in [0.717, 1.165) is 11.3 Å². The van der Waals surface area contributed by atoms with Crippen molar-refractivity contribution in [3.8, 4) is 0 Å². The van der Waals surface area contributed by atoms with Crippen LogP contribution in [0.15, 0.2) is 36.5 Å². The minimum atomic E-state index is -0.0586. The first-order chi connectivity index (χ1) is 8.65. The van der Waals surface area contributed by atoms with Crippen LogP contribution < -0.4 is 5.32 Å². The number of carbonyl (C=O) groups excluding carboxylic acids is 1. The zero-order valence-electron chi connectivity index (χ0n) is 10.1. The van der Waals surface area contributed by atoms with Crippen LogP contribution in [0.25, 0.3) is 0 Å². The number of aryl methyl sites for hydroxylation is 1. The second-order valence-electron chi connectivity index (χ2n) is 4.03. The quantitative estimate of drug-likeness (QED) is 0.919. The van der Waals surface area contributed by atoms with E-state index >= 15 is 0 Å². The molecule has 2 rings (SSSR count). The molecule has 0 aliphatic rings. The van der Waals surface area contributed by atoms with Crippen LogP contribution in [0, 0.1) is 6.92 Å². The molecule has 0 unspecified atom stereocenters. The van der Waals surface area contributed by atoms with Crippen molar-refractivity contribution in [3.63, 3.8) is 0 Å². The fourth-order valence-corrected chi connectivity index (χ4v) is 1.69. The van der Waals surface area contributed by atoms with Crippen molar-refractivity contribution in [3.05, 3.63) is 52.8 Å². The number of halogens is 1. The van der Waals surface area contributed by atoms with Crippen molar-refractivity contribution in [2.45, 2.75) is 20.0 Å². The molecule has 5 heteroatoms. The molecule has 4 nitrogen and oxygen atoms in total. The smallest absolute Gasteiger partial charge is 0.242 e. The summed E-state index contributed by atoms with van der Waals surface area (Å²) >= 11 is 5.79. The molecule has 0 bridgehead atoms. The molecule has 0 atom stereocenters. The summed E-state index contributed by atoms with van der Waals surface area (Å²) in [5, 5.41) is 7.59. The zero-order chi connectivity index (χ0) is 13.0. The SMILES string of the molecule is Cc1ccnn1CC(=O)NCc1ccc(Cl)cc1. The summed E-state index contributed by atoms with van der Waals surface area (Å²) in [5.74, 6) is -0.0586. The van der Waals surface area contributed by atoms with E-state index in [9.17, 15) is 4.79 Å². The summed E-state index contributed by atoms with van der Waals surface area (Å²) in [5.41, 5.74) is 1.99. The van der Waals surface area contributed by atoms with Gasteiger partial charge in [0.1, 0.15) is 6.54 Å². The van der Waals surface area contributed by atoms with Crippen LogP contribution in [0.1, 0.15) is 11.3 Å². The Morgan fingerprint density at radius 2 is 2.06 bits per heavy atom. The molecule has 94 valence electrons. The zero-order valence-corrected chi connectivity index (χ0v) is 10.8. The molecule has 0 saturated carbocycles. The van der Waals surface area contributed by atoms with E-state index in [1.807, 2.05) is 25.1 Å². The van der Waals surface area contributed by atoms with Gasteiger partial charge in [0.2, 0.25) is 5.91 Å². The van der Waals surface area contributed by atoms with E-state index in [-0.39, 0.29) is 12.5 Å².